The first kappa shape index (κ1) is 19.5. The van der Waals surface area contributed by atoms with Gasteiger partial charge in [-0.3, -0.25) is 4.90 Å². The van der Waals surface area contributed by atoms with E-state index in [1.54, 1.807) is 17.0 Å². The summed E-state index contributed by atoms with van der Waals surface area (Å²) in [5.41, 5.74) is 0.956. The molecule has 4 nitrogen and oxygen atoms in total. The fourth-order valence-corrected chi connectivity index (χ4v) is 3.88. The number of halogens is 3. The number of rotatable bonds is 3. The number of nitrogens with zero attached hydrogens (tertiary/aromatic N) is 1. The van der Waals surface area contributed by atoms with Crippen LogP contribution in [-0.4, -0.2) is 36.3 Å². The minimum Gasteiger partial charge on any atom is -0.445 e. The van der Waals surface area contributed by atoms with Crippen molar-refractivity contribution in [1.82, 2.24) is 4.90 Å². The molecule has 1 fully saturated rings. The van der Waals surface area contributed by atoms with Crippen LogP contribution in [0.15, 0.2) is 60.7 Å². The van der Waals surface area contributed by atoms with Gasteiger partial charge in [0.05, 0.1) is 30.9 Å². The van der Waals surface area contributed by atoms with Crippen LogP contribution in [0.2, 0.25) is 0 Å². The van der Waals surface area contributed by atoms with Gasteiger partial charge in [0, 0.05) is 0 Å². The molecule has 7 heteroatoms. The second kappa shape index (κ2) is 7.91. The van der Waals surface area contributed by atoms with E-state index in [0.717, 1.165) is 11.6 Å². The van der Waals surface area contributed by atoms with E-state index in [4.69, 9.17) is 9.47 Å². The molecule has 0 N–H and O–H groups in total. The Kier molecular flexibility index (Phi) is 5.32. The molecule has 0 radical (unpaired) electrons. The molecule has 0 aromatic heterocycles. The van der Waals surface area contributed by atoms with Gasteiger partial charge in [-0.05, 0) is 29.2 Å². The van der Waals surface area contributed by atoms with Gasteiger partial charge in [-0.2, -0.15) is 13.2 Å². The summed E-state index contributed by atoms with van der Waals surface area (Å²) in [5.74, 6) is 0. The van der Waals surface area contributed by atoms with Gasteiger partial charge in [0.1, 0.15) is 6.61 Å². The molecule has 4 rings (SSSR count). The standard InChI is InChI=1S/C22H20F3NO3/c23-22(24,25)20-9-5-4-8-19(20)16-10-17-13-28-14-18(11-16)26(17)21(27)29-12-15-6-2-1-3-7-15/h1-10,17-18H,11-14H2. The number of morpholine rings is 1. The Labute approximate surface area is 166 Å². The zero-order valence-electron chi connectivity index (χ0n) is 15.6. The Bertz CT molecular complexity index is 911. The smallest absolute Gasteiger partial charge is 0.416 e. The quantitative estimate of drug-likeness (QED) is 0.732. The van der Waals surface area contributed by atoms with Gasteiger partial charge in [-0.15, -0.1) is 0 Å². The molecule has 0 spiro atoms. The zero-order valence-corrected chi connectivity index (χ0v) is 15.6. The first-order chi connectivity index (χ1) is 13.9. The number of fused-ring (bicyclic) bond motifs is 2. The van der Waals surface area contributed by atoms with E-state index in [2.05, 4.69) is 0 Å². The van der Waals surface area contributed by atoms with Crippen LogP contribution in [0.3, 0.4) is 0 Å². The van der Waals surface area contributed by atoms with E-state index in [-0.39, 0.29) is 37.8 Å². The number of carbonyl (C=O) groups is 1. The Hall–Kier alpha value is -2.80. The third-order valence-corrected chi connectivity index (χ3v) is 5.19. The molecular formula is C22H20F3NO3. The van der Waals surface area contributed by atoms with Crippen LogP contribution in [0.4, 0.5) is 18.0 Å². The summed E-state index contributed by atoms with van der Waals surface area (Å²) >= 11 is 0. The highest BCUT2D eigenvalue weighted by atomic mass is 19.4. The highest BCUT2D eigenvalue weighted by molar-refractivity contribution is 5.75. The summed E-state index contributed by atoms with van der Waals surface area (Å²) in [6.07, 6.45) is -2.94. The van der Waals surface area contributed by atoms with E-state index >= 15 is 0 Å². The second-order valence-corrected chi connectivity index (χ2v) is 7.15. The van der Waals surface area contributed by atoms with Gasteiger partial charge in [0.15, 0.2) is 0 Å². The van der Waals surface area contributed by atoms with Gasteiger partial charge >= 0.3 is 12.3 Å². The SMILES string of the molecule is O=C(OCc1ccccc1)N1C2C=C(c3ccccc3C(F)(F)F)CC1COC2. The molecule has 0 saturated carbocycles. The maximum absolute atomic E-state index is 13.4. The maximum Gasteiger partial charge on any atom is 0.416 e. The molecule has 2 aliphatic rings. The average Bonchev–Trinajstić information content (AvgIpc) is 2.71. The average molecular weight is 403 g/mol. The monoisotopic (exact) mass is 403 g/mol. The number of hydrogen-bond acceptors (Lipinski definition) is 3. The van der Waals surface area contributed by atoms with Crippen LogP contribution < -0.4 is 0 Å². The molecule has 1 amide bonds. The van der Waals surface area contributed by atoms with Gasteiger partial charge in [-0.25, -0.2) is 4.79 Å². The molecule has 2 heterocycles. The predicted octanol–water partition coefficient (Wildman–Crippen LogP) is 4.90. The van der Waals surface area contributed by atoms with Gasteiger partial charge in [0.25, 0.3) is 0 Å². The number of alkyl halides is 3. The third kappa shape index (κ3) is 4.15. The van der Waals surface area contributed by atoms with Crippen LogP contribution in [0.25, 0.3) is 5.57 Å². The van der Waals surface area contributed by atoms with Crippen LogP contribution in [0.1, 0.15) is 23.1 Å². The maximum atomic E-state index is 13.4. The molecule has 2 unspecified atom stereocenters. The predicted molar refractivity (Wildman–Crippen MR) is 101 cm³/mol. The van der Waals surface area contributed by atoms with E-state index < -0.39 is 23.9 Å². The summed E-state index contributed by atoms with van der Waals surface area (Å²) in [6, 6.07) is 14.0. The topological polar surface area (TPSA) is 38.8 Å². The summed E-state index contributed by atoms with van der Waals surface area (Å²) < 4.78 is 51.3. The van der Waals surface area contributed by atoms with Crippen molar-refractivity contribution in [2.24, 2.45) is 0 Å². The first-order valence-electron chi connectivity index (χ1n) is 9.37. The van der Waals surface area contributed by atoms with E-state index in [9.17, 15) is 18.0 Å². The number of hydrogen-bond donors (Lipinski definition) is 0. The van der Waals surface area contributed by atoms with E-state index in [1.165, 1.54) is 12.1 Å². The first-order valence-corrected chi connectivity index (χ1v) is 9.37. The van der Waals surface area contributed by atoms with Crippen molar-refractivity contribution in [2.75, 3.05) is 13.2 Å². The Balaban J connectivity index is 1.56. The Morgan fingerprint density at radius 1 is 1.07 bits per heavy atom. The molecule has 2 aromatic rings. The minimum absolute atomic E-state index is 0.143. The highest BCUT2D eigenvalue weighted by Crippen LogP contribution is 2.39. The number of carbonyl (C=O) groups excluding carboxylic acids is 1. The molecule has 2 atom stereocenters. The highest BCUT2D eigenvalue weighted by Gasteiger charge is 2.41. The second-order valence-electron chi connectivity index (χ2n) is 7.15. The third-order valence-electron chi connectivity index (χ3n) is 5.19. The van der Waals surface area contributed by atoms with Crippen molar-refractivity contribution >= 4 is 11.7 Å². The lowest BCUT2D eigenvalue weighted by atomic mass is 9.88. The lowest BCUT2D eigenvalue weighted by Gasteiger charge is -2.44. The summed E-state index contributed by atoms with van der Waals surface area (Å²) in [5, 5.41) is 0. The van der Waals surface area contributed by atoms with Crippen molar-refractivity contribution in [3.63, 3.8) is 0 Å². The largest absolute Gasteiger partial charge is 0.445 e. The summed E-state index contributed by atoms with van der Waals surface area (Å²) in [7, 11) is 0. The van der Waals surface area contributed by atoms with Gasteiger partial charge in [0.2, 0.25) is 0 Å². The summed E-state index contributed by atoms with van der Waals surface area (Å²) in [6.45, 7) is 0.640. The molecular weight excluding hydrogens is 383 g/mol. The van der Waals surface area contributed by atoms with Crippen molar-refractivity contribution in [3.05, 3.63) is 77.4 Å². The van der Waals surface area contributed by atoms with Crippen LogP contribution in [0, 0.1) is 0 Å². The molecule has 29 heavy (non-hydrogen) atoms. The van der Waals surface area contributed by atoms with Crippen molar-refractivity contribution in [1.29, 1.82) is 0 Å². The molecule has 0 aliphatic carbocycles. The molecule has 2 aromatic carbocycles. The lowest BCUT2D eigenvalue weighted by molar-refractivity contribution is -0.137. The molecule has 2 bridgehead atoms. The van der Waals surface area contributed by atoms with Crippen LogP contribution >= 0.6 is 0 Å². The van der Waals surface area contributed by atoms with Gasteiger partial charge in [-0.1, -0.05) is 54.6 Å². The van der Waals surface area contributed by atoms with E-state index in [1.807, 2.05) is 30.3 Å². The van der Waals surface area contributed by atoms with Crippen molar-refractivity contribution < 1.29 is 27.4 Å². The number of amides is 1. The summed E-state index contributed by atoms with van der Waals surface area (Å²) in [4.78, 5) is 14.3. The minimum atomic E-state index is -4.44. The number of benzene rings is 2. The fourth-order valence-electron chi connectivity index (χ4n) is 3.88. The Morgan fingerprint density at radius 3 is 2.52 bits per heavy atom. The zero-order chi connectivity index (χ0) is 20.4. The van der Waals surface area contributed by atoms with Crippen molar-refractivity contribution in [3.8, 4) is 0 Å². The molecule has 152 valence electrons. The number of ether oxygens (including phenoxy) is 2. The van der Waals surface area contributed by atoms with Crippen molar-refractivity contribution in [2.45, 2.75) is 31.3 Å². The Morgan fingerprint density at radius 2 is 1.79 bits per heavy atom. The van der Waals surface area contributed by atoms with E-state index in [0.29, 0.717) is 5.57 Å². The van der Waals surface area contributed by atoms with Crippen LogP contribution in [-0.2, 0) is 22.3 Å². The fraction of sp³-hybridized carbons (Fsp3) is 0.318. The molecule has 1 saturated heterocycles. The van der Waals surface area contributed by atoms with Crippen LogP contribution in [0.5, 0.6) is 0 Å². The molecule has 2 aliphatic heterocycles. The lowest BCUT2D eigenvalue weighted by Crippen LogP contribution is -2.56. The normalized spacial score (nSPS) is 21.5. The van der Waals surface area contributed by atoms with Gasteiger partial charge < -0.3 is 9.47 Å².